The summed E-state index contributed by atoms with van der Waals surface area (Å²) in [5.74, 6) is 1.49. The molecule has 4 aromatic rings. The summed E-state index contributed by atoms with van der Waals surface area (Å²) in [6.07, 6.45) is 3.57. The number of nitrogens with zero attached hydrogens (tertiary/aromatic N) is 2. The van der Waals surface area contributed by atoms with Crippen molar-refractivity contribution in [1.82, 2.24) is 4.98 Å². The lowest BCUT2D eigenvalue weighted by Gasteiger charge is -2.07. The van der Waals surface area contributed by atoms with Gasteiger partial charge in [-0.2, -0.15) is 0 Å². The van der Waals surface area contributed by atoms with E-state index in [-0.39, 0.29) is 0 Å². The zero-order valence-electron chi connectivity index (χ0n) is 14.7. The fourth-order valence-corrected chi connectivity index (χ4v) is 2.96. The van der Waals surface area contributed by atoms with Crippen LogP contribution in [0.3, 0.4) is 0 Å². The van der Waals surface area contributed by atoms with Crippen LogP contribution in [0.5, 0.6) is 5.75 Å². The highest BCUT2D eigenvalue weighted by molar-refractivity contribution is 6.30. The molecule has 4 rings (SSSR count). The van der Waals surface area contributed by atoms with Crippen LogP contribution in [0, 0.1) is 0 Å². The first kappa shape index (κ1) is 17.3. The van der Waals surface area contributed by atoms with Crippen molar-refractivity contribution in [3.8, 4) is 17.1 Å². The number of hydrogen-bond donors (Lipinski definition) is 0. The normalized spacial score (nSPS) is 11.7. The lowest BCUT2D eigenvalue weighted by molar-refractivity contribution is 0.415. The molecule has 0 aliphatic heterocycles. The topological polar surface area (TPSA) is 47.6 Å². The Morgan fingerprint density at radius 3 is 2.67 bits per heavy atom. The van der Waals surface area contributed by atoms with Crippen LogP contribution in [0.4, 0.5) is 0 Å². The monoisotopic (exact) mass is 376 g/mol. The molecule has 2 aromatic carbocycles. The van der Waals surface area contributed by atoms with E-state index in [1.54, 1.807) is 13.3 Å². The molecule has 0 saturated carbocycles. The maximum absolute atomic E-state index is 6.11. The summed E-state index contributed by atoms with van der Waals surface area (Å²) >= 11 is 6.01. The van der Waals surface area contributed by atoms with Crippen LogP contribution in [-0.4, -0.2) is 12.1 Å². The minimum absolute atomic E-state index is 0.532. The highest BCUT2D eigenvalue weighted by atomic mass is 35.5. The first-order valence-corrected chi connectivity index (χ1v) is 8.88. The Hall–Kier alpha value is -3.11. The Bertz CT molecular complexity index is 1140. The number of pyridine rings is 1. The molecule has 0 atom stereocenters. The Labute approximate surface area is 161 Å². The number of halogens is 1. The van der Waals surface area contributed by atoms with Crippen LogP contribution in [0.1, 0.15) is 5.56 Å². The summed E-state index contributed by atoms with van der Waals surface area (Å²) in [5.41, 5.74) is 2.73. The predicted molar refractivity (Wildman–Crippen MR) is 107 cm³/mol. The first-order valence-electron chi connectivity index (χ1n) is 8.50. The zero-order chi connectivity index (χ0) is 18.6. The number of benzene rings is 2. The van der Waals surface area contributed by atoms with Gasteiger partial charge in [0.15, 0.2) is 0 Å². The maximum Gasteiger partial charge on any atom is 0.137 e. The van der Waals surface area contributed by atoms with Crippen molar-refractivity contribution in [3.63, 3.8) is 0 Å². The third-order valence-electron chi connectivity index (χ3n) is 4.23. The number of fused-ring (bicyclic) bond motifs is 1. The maximum atomic E-state index is 6.11. The predicted octanol–water partition coefficient (Wildman–Crippen LogP) is 5.26. The van der Waals surface area contributed by atoms with Crippen molar-refractivity contribution in [2.24, 2.45) is 4.99 Å². The SMILES string of the molecule is COc1ccc2oc(-c3ccc(Cl)cc3)cc(=NCc3cccnc3)c2c1. The summed E-state index contributed by atoms with van der Waals surface area (Å²) in [7, 11) is 1.65. The minimum Gasteiger partial charge on any atom is -0.497 e. The average Bonchev–Trinajstić information content (AvgIpc) is 2.72. The van der Waals surface area contributed by atoms with Crippen molar-refractivity contribution in [2.75, 3.05) is 7.11 Å². The largest absolute Gasteiger partial charge is 0.497 e. The van der Waals surface area contributed by atoms with Crippen LogP contribution < -0.4 is 10.1 Å². The van der Waals surface area contributed by atoms with Crippen molar-refractivity contribution in [3.05, 3.63) is 89.0 Å². The van der Waals surface area contributed by atoms with Crippen LogP contribution in [-0.2, 0) is 6.54 Å². The average molecular weight is 377 g/mol. The van der Waals surface area contributed by atoms with Gasteiger partial charge in [-0.05, 0) is 54.1 Å². The number of hydrogen-bond acceptors (Lipinski definition) is 4. The molecule has 0 aliphatic carbocycles. The van der Waals surface area contributed by atoms with Crippen LogP contribution >= 0.6 is 11.6 Å². The molecular weight excluding hydrogens is 360 g/mol. The van der Waals surface area contributed by atoms with Gasteiger partial charge in [0.1, 0.15) is 17.1 Å². The number of ether oxygens (including phenoxy) is 1. The molecule has 134 valence electrons. The van der Waals surface area contributed by atoms with E-state index in [0.29, 0.717) is 11.6 Å². The lowest BCUT2D eigenvalue weighted by atomic mass is 10.1. The standard InChI is InChI=1S/C22H17ClN2O2/c1-26-18-8-9-21-19(11-18)20(25-14-15-3-2-10-24-13-15)12-22(27-21)16-4-6-17(23)7-5-16/h2-13H,14H2,1H3. The molecule has 2 heterocycles. The molecule has 5 heteroatoms. The molecule has 0 fully saturated rings. The van der Waals surface area contributed by atoms with Crippen molar-refractivity contribution < 1.29 is 9.15 Å². The summed E-state index contributed by atoms with van der Waals surface area (Å²) in [6.45, 7) is 0.532. The number of methoxy groups -OCH3 is 1. The summed E-state index contributed by atoms with van der Waals surface area (Å²) in [5, 5.41) is 2.42. The van der Waals surface area contributed by atoms with Gasteiger partial charge in [0.2, 0.25) is 0 Å². The second-order valence-electron chi connectivity index (χ2n) is 6.04. The second-order valence-corrected chi connectivity index (χ2v) is 6.48. The van der Waals surface area contributed by atoms with E-state index in [1.807, 2.05) is 66.9 Å². The molecule has 0 bridgehead atoms. The molecule has 4 nitrogen and oxygen atoms in total. The van der Waals surface area contributed by atoms with Crippen molar-refractivity contribution in [2.45, 2.75) is 6.54 Å². The Morgan fingerprint density at radius 2 is 1.93 bits per heavy atom. The summed E-state index contributed by atoms with van der Waals surface area (Å²) < 4.78 is 11.5. The summed E-state index contributed by atoms with van der Waals surface area (Å²) in [4.78, 5) is 8.95. The molecular formula is C22H17ClN2O2. The minimum atomic E-state index is 0.532. The lowest BCUT2D eigenvalue weighted by Crippen LogP contribution is -2.05. The Morgan fingerprint density at radius 1 is 1.07 bits per heavy atom. The van der Waals surface area contributed by atoms with E-state index in [4.69, 9.17) is 25.7 Å². The van der Waals surface area contributed by atoms with Crippen LogP contribution in [0.25, 0.3) is 22.3 Å². The van der Waals surface area contributed by atoms with Crippen molar-refractivity contribution in [1.29, 1.82) is 0 Å². The van der Waals surface area contributed by atoms with Gasteiger partial charge in [0, 0.05) is 34.4 Å². The highest BCUT2D eigenvalue weighted by Gasteiger charge is 2.07. The molecule has 0 N–H and O–H groups in total. The molecule has 0 amide bonds. The molecule has 0 unspecified atom stereocenters. The second kappa shape index (κ2) is 7.64. The third-order valence-corrected chi connectivity index (χ3v) is 4.49. The van der Waals surface area contributed by atoms with Crippen LogP contribution in [0.15, 0.2) is 82.5 Å². The highest BCUT2D eigenvalue weighted by Crippen LogP contribution is 2.25. The number of rotatable bonds is 4. The third kappa shape index (κ3) is 3.86. The van der Waals surface area contributed by atoms with Gasteiger partial charge in [-0.3, -0.25) is 9.98 Å². The Kier molecular flexibility index (Phi) is 4.90. The molecule has 27 heavy (non-hydrogen) atoms. The molecule has 0 saturated heterocycles. The zero-order valence-corrected chi connectivity index (χ0v) is 15.5. The fourth-order valence-electron chi connectivity index (χ4n) is 2.83. The molecule has 0 aliphatic rings. The van der Waals surface area contributed by atoms with E-state index in [1.165, 1.54) is 0 Å². The summed E-state index contributed by atoms with van der Waals surface area (Å²) in [6, 6.07) is 19.1. The van der Waals surface area contributed by atoms with Crippen LogP contribution in [0.2, 0.25) is 5.02 Å². The van der Waals surface area contributed by atoms with Gasteiger partial charge < -0.3 is 9.15 Å². The van der Waals surface area contributed by atoms with E-state index >= 15 is 0 Å². The fraction of sp³-hybridized carbons (Fsp3) is 0.0909. The Balaban J connectivity index is 1.88. The smallest absolute Gasteiger partial charge is 0.137 e. The number of aromatic nitrogens is 1. The van der Waals surface area contributed by atoms with Gasteiger partial charge in [-0.1, -0.05) is 17.7 Å². The molecule has 2 aromatic heterocycles. The molecule has 0 radical (unpaired) electrons. The van der Waals surface area contributed by atoms with E-state index < -0.39 is 0 Å². The molecule has 0 spiro atoms. The van der Waals surface area contributed by atoms with E-state index in [0.717, 1.165) is 39.0 Å². The van der Waals surface area contributed by atoms with E-state index in [9.17, 15) is 0 Å². The first-order chi connectivity index (χ1) is 13.2. The van der Waals surface area contributed by atoms with Gasteiger partial charge >= 0.3 is 0 Å². The van der Waals surface area contributed by atoms with Gasteiger partial charge in [0.25, 0.3) is 0 Å². The van der Waals surface area contributed by atoms with Crippen molar-refractivity contribution >= 4 is 22.6 Å². The van der Waals surface area contributed by atoms with Gasteiger partial charge in [0.05, 0.1) is 19.0 Å². The van der Waals surface area contributed by atoms with E-state index in [2.05, 4.69) is 4.98 Å². The van der Waals surface area contributed by atoms with Gasteiger partial charge in [-0.15, -0.1) is 0 Å². The quantitative estimate of drug-likeness (QED) is 0.488. The van der Waals surface area contributed by atoms with Gasteiger partial charge in [-0.25, -0.2) is 0 Å².